The smallest absolute Gasteiger partial charge is 0.408 e. The minimum absolute atomic E-state index is 0.107. The Labute approximate surface area is 156 Å². The fourth-order valence-corrected chi connectivity index (χ4v) is 2.97. The first-order valence-corrected chi connectivity index (χ1v) is 8.54. The van der Waals surface area contributed by atoms with E-state index in [1.54, 1.807) is 31.4 Å². The van der Waals surface area contributed by atoms with Gasteiger partial charge in [0.25, 0.3) is 0 Å². The molecule has 2 aromatic rings. The Morgan fingerprint density at radius 2 is 1.88 bits per heavy atom. The summed E-state index contributed by atoms with van der Waals surface area (Å²) in [5.41, 5.74) is 1.75. The molecule has 0 bridgehead atoms. The van der Waals surface area contributed by atoms with Crippen LogP contribution in [0.3, 0.4) is 0 Å². The van der Waals surface area contributed by atoms with Crippen LogP contribution in [-0.4, -0.2) is 31.7 Å². The summed E-state index contributed by atoms with van der Waals surface area (Å²) in [4.78, 5) is 24.2. The molecule has 0 radical (unpaired) electrons. The molecule has 2 N–H and O–H groups in total. The third kappa shape index (κ3) is 4.26. The summed E-state index contributed by atoms with van der Waals surface area (Å²) in [6.07, 6.45) is -0.637. The summed E-state index contributed by atoms with van der Waals surface area (Å²) in [7, 11) is 1.59. The topological polar surface area (TPSA) is 76.7 Å². The molecule has 1 aliphatic rings. The molecule has 136 valence electrons. The summed E-state index contributed by atoms with van der Waals surface area (Å²) in [5.74, 6) is 0.325. The van der Waals surface area contributed by atoms with Crippen LogP contribution in [-0.2, 0) is 16.1 Å². The lowest BCUT2D eigenvalue weighted by atomic mass is 9.94. The van der Waals surface area contributed by atoms with Gasteiger partial charge in [-0.1, -0.05) is 35.9 Å². The molecule has 1 heterocycles. The zero-order chi connectivity index (χ0) is 18.5. The molecule has 2 amide bonds. The van der Waals surface area contributed by atoms with Crippen LogP contribution in [0, 0.1) is 0 Å². The maximum atomic E-state index is 12.1. The van der Waals surface area contributed by atoms with Gasteiger partial charge in [0.1, 0.15) is 18.4 Å². The zero-order valence-corrected chi connectivity index (χ0v) is 15.0. The number of halogens is 1. The van der Waals surface area contributed by atoms with Crippen LogP contribution in [0.2, 0.25) is 5.02 Å². The van der Waals surface area contributed by atoms with Crippen molar-refractivity contribution in [1.29, 1.82) is 0 Å². The zero-order valence-electron chi connectivity index (χ0n) is 14.2. The van der Waals surface area contributed by atoms with Crippen molar-refractivity contribution in [2.45, 2.75) is 18.6 Å². The van der Waals surface area contributed by atoms with Gasteiger partial charge in [0, 0.05) is 17.5 Å². The third-order valence-corrected chi connectivity index (χ3v) is 4.53. The highest BCUT2D eigenvalue weighted by atomic mass is 35.5. The molecule has 1 fully saturated rings. The molecule has 0 unspecified atom stereocenters. The van der Waals surface area contributed by atoms with E-state index in [9.17, 15) is 9.59 Å². The number of benzene rings is 2. The molecule has 7 heteroatoms. The van der Waals surface area contributed by atoms with Crippen molar-refractivity contribution in [2.24, 2.45) is 0 Å². The quantitative estimate of drug-likeness (QED) is 0.843. The molecule has 2 aromatic carbocycles. The molecule has 1 saturated heterocycles. The molecule has 0 saturated carbocycles. The Balaban J connectivity index is 1.59. The van der Waals surface area contributed by atoms with E-state index < -0.39 is 12.1 Å². The van der Waals surface area contributed by atoms with E-state index in [0.29, 0.717) is 11.6 Å². The van der Waals surface area contributed by atoms with Gasteiger partial charge in [0.15, 0.2) is 0 Å². The highest BCUT2D eigenvalue weighted by Gasteiger charge is 2.37. The van der Waals surface area contributed by atoms with E-state index in [4.69, 9.17) is 21.1 Å². The second kappa shape index (κ2) is 8.10. The second-order valence-electron chi connectivity index (χ2n) is 5.95. The number of methoxy groups -OCH3 is 1. The van der Waals surface area contributed by atoms with Gasteiger partial charge in [-0.15, -0.1) is 0 Å². The molecule has 3 rings (SSSR count). The molecule has 1 aliphatic heterocycles. The lowest BCUT2D eigenvalue weighted by molar-refractivity contribution is -0.120. The van der Waals surface area contributed by atoms with Gasteiger partial charge >= 0.3 is 6.09 Å². The summed E-state index contributed by atoms with van der Waals surface area (Å²) >= 11 is 5.91. The number of amides is 2. The Morgan fingerprint density at radius 3 is 2.54 bits per heavy atom. The SMILES string of the molecule is COc1ccc(COC(=O)N[C@@H]2C(=O)NC[C@H]2c2ccc(Cl)cc2)cc1. The largest absolute Gasteiger partial charge is 0.497 e. The van der Waals surface area contributed by atoms with Crippen LogP contribution >= 0.6 is 11.6 Å². The molecular weight excluding hydrogens is 356 g/mol. The van der Waals surface area contributed by atoms with E-state index in [-0.39, 0.29) is 18.4 Å². The van der Waals surface area contributed by atoms with Gasteiger partial charge in [-0.2, -0.15) is 0 Å². The average molecular weight is 375 g/mol. The number of ether oxygens (including phenoxy) is 2. The van der Waals surface area contributed by atoms with Gasteiger partial charge in [0.2, 0.25) is 5.91 Å². The van der Waals surface area contributed by atoms with Crippen LogP contribution in [0.5, 0.6) is 5.75 Å². The van der Waals surface area contributed by atoms with Crippen LogP contribution in [0.1, 0.15) is 17.0 Å². The van der Waals surface area contributed by atoms with Crippen LogP contribution < -0.4 is 15.4 Å². The molecular formula is C19H19ClN2O4. The lowest BCUT2D eigenvalue weighted by Gasteiger charge is -2.18. The van der Waals surface area contributed by atoms with Crippen molar-refractivity contribution in [3.63, 3.8) is 0 Å². The van der Waals surface area contributed by atoms with Crippen molar-refractivity contribution >= 4 is 23.6 Å². The highest BCUT2D eigenvalue weighted by molar-refractivity contribution is 6.30. The summed E-state index contributed by atoms with van der Waals surface area (Å²) in [6.45, 7) is 0.555. The Morgan fingerprint density at radius 1 is 1.19 bits per heavy atom. The first kappa shape index (κ1) is 18.1. The molecule has 0 aliphatic carbocycles. The molecule has 0 spiro atoms. The van der Waals surface area contributed by atoms with E-state index in [2.05, 4.69) is 10.6 Å². The Kier molecular flexibility index (Phi) is 5.63. The molecule has 26 heavy (non-hydrogen) atoms. The summed E-state index contributed by atoms with van der Waals surface area (Å²) in [6, 6.07) is 13.7. The number of carbonyl (C=O) groups is 2. The molecule has 0 aromatic heterocycles. The van der Waals surface area contributed by atoms with Crippen molar-refractivity contribution < 1.29 is 19.1 Å². The molecule has 6 nitrogen and oxygen atoms in total. The predicted octanol–water partition coefficient (Wildman–Crippen LogP) is 2.86. The van der Waals surface area contributed by atoms with Gasteiger partial charge in [-0.05, 0) is 35.4 Å². The van der Waals surface area contributed by atoms with Gasteiger partial charge in [0.05, 0.1) is 7.11 Å². The number of alkyl carbamates (subject to hydrolysis) is 1. The first-order valence-electron chi connectivity index (χ1n) is 8.16. The number of rotatable bonds is 5. The maximum absolute atomic E-state index is 12.1. The van der Waals surface area contributed by atoms with Crippen LogP contribution in [0.25, 0.3) is 0 Å². The van der Waals surface area contributed by atoms with E-state index >= 15 is 0 Å². The number of carbonyl (C=O) groups excluding carboxylic acids is 2. The predicted molar refractivity (Wildman–Crippen MR) is 97.3 cm³/mol. The number of nitrogens with one attached hydrogen (secondary N) is 2. The van der Waals surface area contributed by atoms with Crippen molar-refractivity contribution in [2.75, 3.05) is 13.7 Å². The number of hydrogen-bond acceptors (Lipinski definition) is 4. The standard InChI is InChI=1S/C19H19ClN2O4/c1-25-15-8-2-12(3-9-15)11-26-19(24)22-17-16(10-21-18(17)23)13-4-6-14(20)7-5-13/h2-9,16-17H,10-11H2,1H3,(H,21,23)(H,22,24)/t16-,17-/m0/s1. The van der Waals surface area contributed by atoms with Gasteiger partial charge in [-0.3, -0.25) is 4.79 Å². The van der Waals surface area contributed by atoms with E-state index in [0.717, 1.165) is 16.9 Å². The highest BCUT2D eigenvalue weighted by Crippen LogP contribution is 2.25. The van der Waals surface area contributed by atoms with Crippen molar-refractivity contribution in [1.82, 2.24) is 10.6 Å². The summed E-state index contributed by atoms with van der Waals surface area (Å²) < 4.78 is 10.3. The minimum atomic E-state index is -0.681. The Hall–Kier alpha value is -2.73. The Bertz CT molecular complexity index is 777. The van der Waals surface area contributed by atoms with Crippen molar-refractivity contribution in [3.05, 3.63) is 64.7 Å². The first-order chi connectivity index (χ1) is 12.6. The van der Waals surface area contributed by atoms with Crippen LogP contribution in [0.4, 0.5) is 4.79 Å². The third-order valence-electron chi connectivity index (χ3n) is 4.28. The molecule has 2 atom stereocenters. The fraction of sp³-hybridized carbons (Fsp3) is 0.263. The number of hydrogen-bond donors (Lipinski definition) is 2. The van der Waals surface area contributed by atoms with Crippen molar-refractivity contribution in [3.8, 4) is 5.75 Å². The lowest BCUT2D eigenvalue weighted by Crippen LogP contribution is -2.43. The maximum Gasteiger partial charge on any atom is 0.408 e. The van der Waals surface area contributed by atoms with E-state index in [1.165, 1.54) is 0 Å². The second-order valence-corrected chi connectivity index (χ2v) is 6.39. The normalized spacial score (nSPS) is 18.9. The summed E-state index contributed by atoms with van der Waals surface area (Å²) in [5, 5.41) is 6.04. The van der Waals surface area contributed by atoms with Gasteiger partial charge in [-0.25, -0.2) is 4.79 Å². The van der Waals surface area contributed by atoms with Crippen LogP contribution in [0.15, 0.2) is 48.5 Å². The average Bonchev–Trinajstić information content (AvgIpc) is 3.01. The minimum Gasteiger partial charge on any atom is -0.497 e. The van der Waals surface area contributed by atoms with Gasteiger partial charge < -0.3 is 20.1 Å². The monoisotopic (exact) mass is 374 g/mol. The van der Waals surface area contributed by atoms with E-state index in [1.807, 2.05) is 24.3 Å². The fourth-order valence-electron chi connectivity index (χ4n) is 2.85.